The van der Waals surface area contributed by atoms with Gasteiger partial charge >= 0.3 is 5.69 Å². The van der Waals surface area contributed by atoms with Gasteiger partial charge in [0.2, 0.25) is 0 Å². The number of fused-ring (bicyclic) bond motifs is 1. The Hall–Kier alpha value is -4.01. The second kappa shape index (κ2) is 8.16. The first-order chi connectivity index (χ1) is 15.6. The first kappa shape index (κ1) is 22.2. The lowest BCUT2D eigenvalue weighted by molar-refractivity contribution is 0.102. The van der Waals surface area contributed by atoms with Gasteiger partial charge in [0.15, 0.2) is 0 Å². The molecule has 170 valence electrons. The van der Waals surface area contributed by atoms with Crippen LogP contribution in [-0.2, 0) is 12.0 Å². The average molecular weight is 449 g/mol. The molecule has 1 amide bonds. The molecule has 0 radical (unpaired) electrons. The van der Waals surface area contributed by atoms with Crippen molar-refractivity contribution in [1.29, 1.82) is 0 Å². The van der Waals surface area contributed by atoms with Crippen molar-refractivity contribution < 1.29 is 9.18 Å². The van der Waals surface area contributed by atoms with E-state index in [4.69, 9.17) is 0 Å². The van der Waals surface area contributed by atoms with Crippen LogP contribution in [0.5, 0.6) is 0 Å². The topological polar surface area (TPSA) is 102 Å². The zero-order valence-electron chi connectivity index (χ0n) is 18.8. The Morgan fingerprint density at radius 2 is 1.79 bits per heavy atom. The molecule has 4 aromatic rings. The van der Waals surface area contributed by atoms with E-state index in [1.165, 1.54) is 30.3 Å². The summed E-state index contributed by atoms with van der Waals surface area (Å²) in [7, 11) is 0. The lowest BCUT2D eigenvalue weighted by atomic mass is 9.92. The number of hydrogen-bond donors (Lipinski definition) is 2. The maximum atomic E-state index is 13.4. The van der Waals surface area contributed by atoms with Crippen LogP contribution in [0.1, 0.15) is 43.7 Å². The molecule has 0 spiro atoms. The molecule has 0 saturated heterocycles. The van der Waals surface area contributed by atoms with E-state index < -0.39 is 17.2 Å². The zero-order chi connectivity index (χ0) is 23.9. The van der Waals surface area contributed by atoms with Crippen LogP contribution in [0.15, 0.2) is 58.1 Å². The average Bonchev–Trinajstić information content (AvgIpc) is 3.18. The van der Waals surface area contributed by atoms with Gasteiger partial charge in [0.25, 0.3) is 11.5 Å². The third-order valence-electron chi connectivity index (χ3n) is 5.35. The number of nitrogens with one attached hydrogen (secondary N) is 2. The first-order valence-electron chi connectivity index (χ1n) is 10.5. The van der Waals surface area contributed by atoms with Crippen LogP contribution < -0.4 is 16.6 Å². The monoisotopic (exact) mass is 449 g/mol. The molecule has 0 saturated carbocycles. The molecule has 0 aliphatic carbocycles. The van der Waals surface area contributed by atoms with E-state index in [2.05, 4.69) is 15.4 Å². The summed E-state index contributed by atoms with van der Waals surface area (Å²) in [5, 5.41) is 7.77. The number of carbonyl (C=O) groups excluding carboxylic acids is 1. The number of halogens is 1. The minimum atomic E-state index is -0.531. The van der Waals surface area contributed by atoms with Crippen LogP contribution in [0.2, 0.25) is 0 Å². The standard InChI is InChI=1S/C24H24FN5O3/c1-5-29-22(32)17-11-6-14(12-18(17)26-23(29)33)21(31)27-20-13-19(24(2,3)4)28-30(20)16-9-7-15(25)8-10-16/h6-13H,5H2,1-4H3,(H,26,33)(H,27,31). The molecule has 2 N–H and O–H groups in total. The van der Waals surface area contributed by atoms with Crippen molar-refractivity contribution in [1.82, 2.24) is 19.3 Å². The zero-order valence-corrected chi connectivity index (χ0v) is 18.8. The predicted octanol–water partition coefficient (Wildman–Crippen LogP) is 3.58. The van der Waals surface area contributed by atoms with Crippen LogP contribution >= 0.6 is 0 Å². The SMILES string of the molecule is CCn1c(=O)[nH]c2cc(C(=O)Nc3cc(C(C)(C)C)nn3-c3ccc(F)cc3)ccc2c1=O. The molecule has 0 aliphatic heterocycles. The number of anilines is 1. The molecular weight excluding hydrogens is 425 g/mol. The molecule has 0 bridgehead atoms. The van der Waals surface area contributed by atoms with Crippen molar-refractivity contribution in [2.75, 3.05) is 5.32 Å². The highest BCUT2D eigenvalue weighted by Crippen LogP contribution is 2.27. The number of H-pyrrole nitrogens is 1. The fourth-order valence-electron chi connectivity index (χ4n) is 3.49. The van der Waals surface area contributed by atoms with E-state index in [1.807, 2.05) is 20.8 Å². The molecule has 2 aromatic heterocycles. The lowest BCUT2D eigenvalue weighted by Gasteiger charge is -2.14. The number of amides is 1. The predicted molar refractivity (Wildman–Crippen MR) is 125 cm³/mol. The number of hydrogen-bond acceptors (Lipinski definition) is 4. The van der Waals surface area contributed by atoms with Gasteiger partial charge in [0.1, 0.15) is 11.6 Å². The molecule has 4 rings (SSSR count). The van der Waals surface area contributed by atoms with Gasteiger partial charge in [0.05, 0.1) is 22.3 Å². The van der Waals surface area contributed by atoms with Crippen LogP contribution in [-0.4, -0.2) is 25.2 Å². The van der Waals surface area contributed by atoms with E-state index >= 15 is 0 Å². The normalized spacial score (nSPS) is 11.7. The van der Waals surface area contributed by atoms with Crippen LogP contribution in [0.4, 0.5) is 10.2 Å². The van der Waals surface area contributed by atoms with Gasteiger partial charge in [0, 0.05) is 23.6 Å². The van der Waals surface area contributed by atoms with Crippen molar-refractivity contribution in [3.8, 4) is 5.69 Å². The van der Waals surface area contributed by atoms with Crippen LogP contribution in [0.3, 0.4) is 0 Å². The smallest absolute Gasteiger partial charge is 0.307 e. The van der Waals surface area contributed by atoms with Crippen LogP contribution in [0, 0.1) is 5.82 Å². The number of nitrogens with zero attached hydrogens (tertiary/aromatic N) is 3. The number of rotatable bonds is 4. The van der Waals surface area contributed by atoms with E-state index in [1.54, 1.807) is 29.8 Å². The summed E-state index contributed by atoms with van der Waals surface area (Å²) in [4.78, 5) is 40.3. The Morgan fingerprint density at radius 1 is 1.09 bits per heavy atom. The minimum Gasteiger partial charge on any atom is -0.307 e. The van der Waals surface area contributed by atoms with Gasteiger partial charge in [-0.1, -0.05) is 20.8 Å². The van der Waals surface area contributed by atoms with E-state index in [9.17, 15) is 18.8 Å². The maximum Gasteiger partial charge on any atom is 0.328 e. The molecule has 33 heavy (non-hydrogen) atoms. The summed E-state index contributed by atoms with van der Waals surface area (Å²) in [6.45, 7) is 7.95. The second-order valence-corrected chi connectivity index (χ2v) is 8.75. The van der Waals surface area contributed by atoms with Crippen LogP contribution in [0.25, 0.3) is 16.6 Å². The van der Waals surface area contributed by atoms with E-state index in [-0.39, 0.29) is 28.9 Å². The highest BCUT2D eigenvalue weighted by molar-refractivity contribution is 6.05. The quantitative estimate of drug-likeness (QED) is 0.497. The minimum absolute atomic E-state index is 0.246. The lowest BCUT2D eigenvalue weighted by Crippen LogP contribution is -2.34. The summed E-state index contributed by atoms with van der Waals surface area (Å²) in [5.74, 6) is -0.410. The largest absolute Gasteiger partial charge is 0.328 e. The van der Waals surface area contributed by atoms with E-state index in [0.717, 1.165) is 10.3 Å². The maximum absolute atomic E-state index is 13.4. The van der Waals surface area contributed by atoms with Gasteiger partial charge in [-0.15, -0.1) is 0 Å². The summed E-state index contributed by atoms with van der Waals surface area (Å²) >= 11 is 0. The van der Waals surface area contributed by atoms with Gasteiger partial charge in [-0.3, -0.25) is 14.2 Å². The van der Waals surface area contributed by atoms with Crippen molar-refractivity contribution >= 4 is 22.6 Å². The number of aromatic amines is 1. The Bertz CT molecular complexity index is 1470. The molecule has 9 heteroatoms. The van der Waals surface area contributed by atoms with Crippen molar-refractivity contribution in [3.63, 3.8) is 0 Å². The molecule has 2 aromatic carbocycles. The first-order valence-corrected chi connectivity index (χ1v) is 10.5. The van der Waals surface area contributed by atoms with Gasteiger partial charge < -0.3 is 10.3 Å². The third kappa shape index (κ3) is 4.21. The molecule has 2 heterocycles. The number of benzene rings is 2. The Morgan fingerprint density at radius 3 is 2.42 bits per heavy atom. The van der Waals surface area contributed by atoms with Crippen molar-refractivity contribution in [2.24, 2.45) is 0 Å². The third-order valence-corrected chi connectivity index (χ3v) is 5.35. The van der Waals surface area contributed by atoms with Gasteiger partial charge in [-0.2, -0.15) is 5.10 Å². The van der Waals surface area contributed by atoms with Crippen molar-refractivity contribution in [3.05, 3.63) is 86.4 Å². The molecule has 0 aliphatic rings. The molecule has 8 nitrogen and oxygen atoms in total. The van der Waals surface area contributed by atoms with E-state index in [0.29, 0.717) is 16.9 Å². The molecule has 0 unspecified atom stereocenters. The second-order valence-electron chi connectivity index (χ2n) is 8.75. The summed E-state index contributed by atoms with van der Waals surface area (Å²) in [6.07, 6.45) is 0. The summed E-state index contributed by atoms with van der Waals surface area (Å²) in [6, 6.07) is 12.1. The molecule has 0 fully saturated rings. The number of aromatic nitrogens is 4. The fourth-order valence-corrected chi connectivity index (χ4v) is 3.49. The Labute approximate surface area is 188 Å². The Kier molecular flexibility index (Phi) is 5.49. The fraction of sp³-hybridized carbons (Fsp3) is 0.250. The van der Waals surface area contributed by atoms with Gasteiger partial charge in [-0.05, 0) is 49.4 Å². The Balaban J connectivity index is 1.74. The molecule has 0 atom stereocenters. The highest BCUT2D eigenvalue weighted by atomic mass is 19.1. The van der Waals surface area contributed by atoms with Gasteiger partial charge in [-0.25, -0.2) is 13.9 Å². The molecular formula is C24H24FN5O3. The summed E-state index contributed by atoms with van der Waals surface area (Å²) < 4.78 is 16.0. The highest BCUT2D eigenvalue weighted by Gasteiger charge is 2.22. The summed E-state index contributed by atoms with van der Waals surface area (Å²) in [5.41, 5.74) is 0.645. The number of carbonyl (C=O) groups is 1. The van der Waals surface area contributed by atoms with Crippen molar-refractivity contribution in [2.45, 2.75) is 39.7 Å².